The van der Waals surface area contributed by atoms with E-state index in [4.69, 9.17) is 9.47 Å². The van der Waals surface area contributed by atoms with Crippen LogP contribution in [-0.4, -0.2) is 24.7 Å². The van der Waals surface area contributed by atoms with Gasteiger partial charge in [-0.1, -0.05) is 48.5 Å². The van der Waals surface area contributed by atoms with Crippen molar-refractivity contribution in [2.45, 2.75) is 38.8 Å². The van der Waals surface area contributed by atoms with Crippen LogP contribution in [-0.2, 0) is 33.7 Å². The lowest BCUT2D eigenvalue weighted by Crippen LogP contribution is -2.39. The van der Waals surface area contributed by atoms with Crippen LogP contribution in [0.15, 0.2) is 54.6 Å². The molecular formula is C23H25NO4. The summed E-state index contributed by atoms with van der Waals surface area (Å²) in [7, 11) is 0. The number of hydrogen-bond acceptors (Lipinski definition) is 4. The maximum atomic E-state index is 12.1. The average molecular weight is 379 g/mol. The third-order valence-electron chi connectivity index (χ3n) is 4.69. The molecule has 0 aromatic heterocycles. The normalized spacial score (nSPS) is 15.7. The zero-order chi connectivity index (χ0) is 19.8. The molecule has 0 saturated heterocycles. The van der Waals surface area contributed by atoms with Crippen molar-refractivity contribution in [3.05, 3.63) is 76.9 Å². The topological polar surface area (TPSA) is 64.6 Å². The van der Waals surface area contributed by atoms with E-state index in [1.165, 1.54) is 17.2 Å². The zero-order valence-corrected chi connectivity index (χ0v) is 16.0. The summed E-state index contributed by atoms with van der Waals surface area (Å²) in [6.45, 7) is 2.41. The van der Waals surface area contributed by atoms with E-state index in [0.29, 0.717) is 6.61 Å². The lowest BCUT2D eigenvalue weighted by molar-refractivity contribution is -0.137. The fraction of sp³-hybridized carbons (Fsp3) is 0.304. The number of esters is 1. The molecule has 0 radical (unpaired) electrons. The van der Waals surface area contributed by atoms with Crippen LogP contribution in [0.2, 0.25) is 0 Å². The first kappa shape index (κ1) is 19.7. The van der Waals surface area contributed by atoms with Gasteiger partial charge in [-0.05, 0) is 54.5 Å². The maximum absolute atomic E-state index is 12.1. The van der Waals surface area contributed by atoms with Gasteiger partial charge in [-0.25, -0.2) is 9.59 Å². The first-order valence-corrected chi connectivity index (χ1v) is 9.58. The Bertz CT molecular complexity index is 845. The highest BCUT2D eigenvalue weighted by Crippen LogP contribution is 2.23. The van der Waals surface area contributed by atoms with Crippen LogP contribution in [0.5, 0.6) is 0 Å². The molecule has 0 spiro atoms. The molecule has 0 saturated carbocycles. The second-order valence-electron chi connectivity index (χ2n) is 6.76. The van der Waals surface area contributed by atoms with Gasteiger partial charge in [0.15, 0.2) is 0 Å². The Morgan fingerprint density at radius 1 is 1.11 bits per heavy atom. The molecule has 0 aliphatic heterocycles. The highest BCUT2D eigenvalue weighted by Gasteiger charge is 2.21. The van der Waals surface area contributed by atoms with Gasteiger partial charge < -0.3 is 14.8 Å². The van der Waals surface area contributed by atoms with E-state index in [0.717, 1.165) is 30.4 Å². The second-order valence-corrected chi connectivity index (χ2v) is 6.76. The first-order chi connectivity index (χ1) is 13.6. The summed E-state index contributed by atoms with van der Waals surface area (Å²) in [5, 5.41) is 2.96. The van der Waals surface area contributed by atoms with E-state index >= 15 is 0 Å². The van der Waals surface area contributed by atoms with E-state index in [-0.39, 0.29) is 18.6 Å². The Kier molecular flexibility index (Phi) is 6.84. The Hall–Kier alpha value is -3.08. The van der Waals surface area contributed by atoms with Crippen LogP contribution in [0.25, 0.3) is 6.08 Å². The summed E-state index contributed by atoms with van der Waals surface area (Å²) in [6.07, 6.45) is 5.33. The molecule has 0 unspecified atom stereocenters. The third kappa shape index (κ3) is 5.71. The van der Waals surface area contributed by atoms with Crippen LogP contribution in [0.4, 0.5) is 4.79 Å². The molecular weight excluding hydrogens is 354 g/mol. The fourth-order valence-electron chi connectivity index (χ4n) is 3.29. The molecule has 1 aliphatic rings. The SMILES string of the molecule is CCOC(=O)C=Cc1ccc2c(c1)C[C@@H](NC(=O)OCc1ccccc1)CC2. The van der Waals surface area contributed by atoms with Crippen LogP contribution in [0.1, 0.15) is 35.6 Å². The summed E-state index contributed by atoms with van der Waals surface area (Å²) in [4.78, 5) is 23.6. The van der Waals surface area contributed by atoms with Crippen molar-refractivity contribution >= 4 is 18.1 Å². The fourth-order valence-corrected chi connectivity index (χ4v) is 3.29. The van der Waals surface area contributed by atoms with Gasteiger partial charge in [0.25, 0.3) is 0 Å². The lowest BCUT2D eigenvalue weighted by Gasteiger charge is -2.25. The molecule has 3 rings (SSSR count). The molecule has 0 bridgehead atoms. The number of rotatable bonds is 6. The number of benzene rings is 2. The maximum Gasteiger partial charge on any atom is 0.407 e. The molecule has 28 heavy (non-hydrogen) atoms. The molecule has 5 nitrogen and oxygen atoms in total. The molecule has 2 aromatic carbocycles. The molecule has 1 N–H and O–H groups in total. The summed E-state index contributed by atoms with van der Waals surface area (Å²) < 4.78 is 10.2. The molecule has 0 heterocycles. The van der Waals surface area contributed by atoms with Gasteiger partial charge in [0.2, 0.25) is 0 Å². The Morgan fingerprint density at radius 2 is 1.93 bits per heavy atom. The second kappa shape index (κ2) is 9.74. The van der Waals surface area contributed by atoms with Gasteiger partial charge in [0, 0.05) is 12.1 Å². The van der Waals surface area contributed by atoms with Crippen molar-refractivity contribution in [1.82, 2.24) is 5.32 Å². The van der Waals surface area contributed by atoms with Crippen LogP contribution in [0.3, 0.4) is 0 Å². The smallest absolute Gasteiger partial charge is 0.407 e. The van der Waals surface area contributed by atoms with E-state index in [2.05, 4.69) is 17.4 Å². The minimum absolute atomic E-state index is 0.0417. The van der Waals surface area contributed by atoms with Crippen molar-refractivity contribution < 1.29 is 19.1 Å². The lowest BCUT2D eigenvalue weighted by atomic mass is 9.87. The van der Waals surface area contributed by atoms with Gasteiger partial charge >= 0.3 is 12.1 Å². The van der Waals surface area contributed by atoms with E-state index in [1.54, 1.807) is 13.0 Å². The third-order valence-corrected chi connectivity index (χ3v) is 4.69. The molecule has 2 aromatic rings. The summed E-state index contributed by atoms with van der Waals surface area (Å²) >= 11 is 0. The van der Waals surface area contributed by atoms with E-state index < -0.39 is 6.09 Å². The Labute approximate surface area is 165 Å². The summed E-state index contributed by atoms with van der Waals surface area (Å²) in [5.74, 6) is -0.346. The number of carbonyl (C=O) groups is 2. The number of nitrogens with one attached hydrogen (secondary N) is 1. The number of amides is 1. The number of ether oxygens (including phenoxy) is 2. The van der Waals surface area contributed by atoms with Gasteiger partial charge in [0.1, 0.15) is 6.61 Å². The van der Waals surface area contributed by atoms with Gasteiger partial charge in [0.05, 0.1) is 6.61 Å². The Morgan fingerprint density at radius 3 is 2.71 bits per heavy atom. The van der Waals surface area contributed by atoms with Crippen LogP contribution >= 0.6 is 0 Å². The van der Waals surface area contributed by atoms with Gasteiger partial charge in [-0.15, -0.1) is 0 Å². The van der Waals surface area contributed by atoms with Crippen LogP contribution in [0, 0.1) is 0 Å². The largest absolute Gasteiger partial charge is 0.463 e. The monoisotopic (exact) mass is 379 g/mol. The molecule has 146 valence electrons. The Balaban J connectivity index is 1.54. The summed E-state index contributed by atoms with van der Waals surface area (Å²) in [5.41, 5.74) is 4.37. The molecule has 1 atom stereocenters. The van der Waals surface area contributed by atoms with Crippen molar-refractivity contribution in [1.29, 1.82) is 0 Å². The summed E-state index contributed by atoms with van der Waals surface area (Å²) in [6, 6.07) is 15.8. The predicted molar refractivity (Wildman–Crippen MR) is 108 cm³/mol. The standard InChI is InChI=1S/C23H25NO4/c1-2-27-22(25)13-9-17-8-10-19-11-12-21(15-20(19)14-17)24-23(26)28-16-18-6-4-3-5-7-18/h3-10,13-14,21H,2,11-12,15-16H2,1H3,(H,24,26)/t21-/m0/s1. The minimum Gasteiger partial charge on any atom is -0.463 e. The van der Waals surface area contributed by atoms with Crippen LogP contribution < -0.4 is 5.32 Å². The van der Waals surface area contributed by atoms with E-state index in [1.807, 2.05) is 36.4 Å². The van der Waals surface area contributed by atoms with Crippen molar-refractivity contribution in [3.63, 3.8) is 0 Å². The van der Waals surface area contributed by atoms with Crippen molar-refractivity contribution in [2.24, 2.45) is 0 Å². The minimum atomic E-state index is -0.393. The van der Waals surface area contributed by atoms with Gasteiger partial charge in [-0.3, -0.25) is 0 Å². The average Bonchev–Trinajstić information content (AvgIpc) is 2.71. The zero-order valence-electron chi connectivity index (χ0n) is 16.0. The number of hydrogen-bond donors (Lipinski definition) is 1. The molecule has 1 amide bonds. The number of alkyl carbamates (subject to hydrolysis) is 1. The quantitative estimate of drug-likeness (QED) is 0.608. The highest BCUT2D eigenvalue weighted by atomic mass is 16.5. The van der Waals surface area contributed by atoms with Gasteiger partial charge in [-0.2, -0.15) is 0 Å². The highest BCUT2D eigenvalue weighted by molar-refractivity contribution is 5.87. The first-order valence-electron chi connectivity index (χ1n) is 9.58. The van der Waals surface area contributed by atoms with E-state index in [9.17, 15) is 9.59 Å². The van der Waals surface area contributed by atoms with Crippen molar-refractivity contribution in [3.8, 4) is 0 Å². The molecule has 0 fully saturated rings. The van der Waals surface area contributed by atoms with Crippen molar-refractivity contribution in [2.75, 3.05) is 6.61 Å². The predicted octanol–water partition coefficient (Wildman–Crippen LogP) is 4.05. The molecule has 5 heteroatoms. The number of fused-ring (bicyclic) bond motifs is 1. The number of carbonyl (C=O) groups excluding carboxylic acids is 2. The molecule has 1 aliphatic carbocycles. The number of aryl methyl sites for hydroxylation is 1.